The summed E-state index contributed by atoms with van der Waals surface area (Å²) in [6.07, 6.45) is -2.34. The van der Waals surface area contributed by atoms with Crippen LogP contribution in [0.15, 0.2) is 0 Å². The molecule has 2 N–H and O–H groups in total. The largest absolute Gasteiger partial charge is 0.425 e. The third-order valence-corrected chi connectivity index (χ3v) is 0.468. The van der Waals surface area contributed by atoms with E-state index in [-0.39, 0.29) is 0 Å². The number of hydrogen-bond acceptors (Lipinski definition) is 3. The normalized spacial score (nSPS) is 13.6. The quantitative estimate of drug-likeness (QED) is 0.446. The minimum absolute atomic E-state index is 0.715. The second kappa shape index (κ2) is 5.06. The van der Waals surface area contributed by atoms with Crippen molar-refractivity contribution in [3.63, 3.8) is 0 Å². The van der Waals surface area contributed by atoms with E-state index in [1.54, 1.807) is 0 Å². The van der Waals surface area contributed by atoms with E-state index in [2.05, 4.69) is 6.42 Å². The molecular formula is C5H7F3O4S. The highest BCUT2D eigenvalue weighted by Crippen LogP contribution is 2.18. The summed E-state index contributed by atoms with van der Waals surface area (Å²) in [5.74, 6) is 1.14. The predicted octanol–water partition coefficient (Wildman–Crippen LogP) is 0.0468. The van der Waals surface area contributed by atoms with Gasteiger partial charge in [0.15, 0.2) is 0 Å². The van der Waals surface area contributed by atoms with Crippen LogP contribution in [0.2, 0.25) is 0 Å². The molecule has 0 saturated heterocycles. The van der Waals surface area contributed by atoms with Crippen LogP contribution < -0.4 is 0 Å². The first-order valence-corrected chi connectivity index (χ1v) is 4.46. The van der Waals surface area contributed by atoms with Crippen molar-refractivity contribution in [1.29, 1.82) is 0 Å². The van der Waals surface area contributed by atoms with Gasteiger partial charge >= 0.3 is 6.18 Å². The lowest BCUT2D eigenvalue weighted by Crippen LogP contribution is -2.26. The zero-order valence-corrected chi connectivity index (χ0v) is 7.22. The molecule has 8 heteroatoms. The lowest BCUT2D eigenvalue weighted by Gasteiger charge is -2.05. The van der Waals surface area contributed by atoms with Gasteiger partial charge in [0.05, 0.1) is 6.26 Å². The third kappa shape index (κ3) is 18.3. The molecule has 0 heterocycles. The average Bonchev–Trinajstić information content (AvgIpc) is 1.80. The molecule has 0 rings (SSSR count). The fourth-order valence-electron chi connectivity index (χ4n) is 0.0945. The van der Waals surface area contributed by atoms with Crippen LogP contribution in [0.3, 0.4) is 0 Å². The van der Waals surface area contributed by atoms with Crippen LogP contribution in [0.5, 0.6) is 0 Å². The summed E-state index contributed by atoms with van der Waals surface area (Å²) in [6, 6.07) is 0. The fourth-order valence-corrected chi connectivity index (χ4v) is 0.0945. The molecule has 1 unspecified atom stereocenters. The van der Waals surface area contributed by atoms with E-state index in [1.165, 1.54) is 0 Å². The monoisotopic (exact) mass is 220 g/mol. The number of rotatable bonds is 0. The molecule has 78 valence electrons. The molecule has 0 aliphatic rings. The number of terminal acetylenes is 1. The summed E-state index contributed by atoms with van der Waals surface area (Å²) in [5, 5.41) is 7.83. The van der Waals surface area contributed by atoms with Gasteiger partial charge in [-0.2, -0.15) is 21.6 Å². The molecule has 1 atom stereocenters. The van der Waals surface area contributed by atoms with Gasteiger partial charge in [0, 0.05) is 0 Å². The van der Waals surface area contributed by atoms with Gasteiger partial charge in [-0.3, -0.25) is 4.55 Å². The maximum Gasteiger partial charge on any atom is 0.425 e. The second-order valence-electron chi connectivity index (χ2n) is 1.84. The molecule has 4 nitrogen and oxygen atoms in total. The molecule has 0 aliphatic carbocycles. The Morgan fingerprint density at radius 1 is 1.46 bits per heavy atom. The smallest absolute Gasteiger partial charge is 0.372 e. The average molecular weight is 220 g/mol. The maximum absolute atomic E-state index is 11.1. The van der Waals surface area contributed by atoms with Gasteiger partial charge in [0.25, 0.3) is 10.1 Å². The number of aliphatic hydroxyl groups is 1. The van der Waals surface area contributed by atoms with Crippen molar-refractivity contribution in [2.45, 2.75) is 12.3 Å². The minimum atomic E-state index is -4.67. The van der Waals surface area contributed by atoms with E-state index < -0.39 is 22.4 Å². The molecular weight excluding hydrogens is 213 g/mol. The SMILES string of the molecule is C#CC(O)C(F)(F)F.CS(=O)(=O)O. The highest BCUT2D eigenvalue weighted by atomic mass is 32.2. The summed E-state index contributed by atoms with van der Waals surface area (Å²) in [4.78, 5) is 0. The molecule has 0 fully saturated rings. The number of halogens is 3. The molecule has 0 aromatic heterocycles. The molecule has 0 aromatic carbocycles. The van der Waals surface area contributed by atoms with Crippen molar-refractivity contribution in [1.82, 2.24) is 0 Å². The van der Waals surface area contributed by atoms with Gasteiger partial charge in [-0.15, -0.1) is 6.42 Å². The van der Waals surface area contributed by atoms with Crippen LogP contribution in [0.4, 0.5) is 13.2 Å². The maximum atomic E-state index is 11.1. The van der Waals surface area contributed by atoms with Crippen molar-refractivity contribution in [3.05, 3.63) is 0 Å². The summed E-state index contributed by atoms with van der Waals surface area (Å²) < 4.78 is 59.0. The molecule has 0 spiro atoms. The fraction of sp³-hybridized carbons (Fsp3) is 0.600. The predicted molar refractivity (Wildman–Crippen MR) is 38.4 cm³/mol. The van der Waals surface area contributed by atoms with Gasteiger partial charge in [0.1, 0.15) is 0 Å². The van der Waals surface area contributed by atoms with Crippen LogP contribution in [-0.4, -0.2) is 36.6 Å². The van der Waals surface area contributed by atoms with Crippen LogP contribution in [0, 0.1) is 12.3 Å². The van der Waals surface area contributed by atoms with Crippen molar-refractivity contribution < 1.29 is 31.2 Å². The first kappa shape index (κ1) is 14.7. The van der Waals surface area contributed by atoms with Gasteiger partial charge in [-0.05, 0) is 0 Å². The lowest BCUT2D eigenvalue weighted by atomic mass is 10.4. The molecule has 0 aliphatic heterocycles. The van der Waals surface area contributed by atoms with E-state index in [9.17, 15) is 21.6 Å². The number of hydrogen-bond donors (Lipinski definition) is 2. The Morgan fingerprint density at radius 2 is 1.69 bits per heavy atom. The Morgan fingerprint density at radius 3 is 1.69 bits per heavy atom. The molecule has 0 radical (unpaired) electrons. The van der Waals surface area contributed by atoms with E-state index in [4.69, 9.17) is 9.66 Å². The number of alkyl halides is 3. The highest BCUT2D eigenvalue weighted by molar-refractivity contribution is 7.85. The Bertz CT molecular complexity index is 265. The topological polar surface area (TPSA) is 74.6 Å². The lowest BCUT2D eigenvalue weighted by molar-refractivity contribution is -0.184. The van der Waals surface area contributed by atoms with E-state index in [0.717, 1.165) is 5.92 Å². The Hall–Kier alpha value is -0.780. The van der Waals surface area contributed by atoms with Crippen LogP contribution in [-0.2, 0) is 10.1 Å². The molecule has 0 aromatic rings. The molecule has 13 heavy (non-hydrogen) atoms. The van der Waals surface area contributed by atoms with E-state index >= 15 is 0 Å². The molecule has 0 amide bonds. The van der Waals surface area contributed by atoms with Crippen LogP contribution >= 0.6 is 0 Å². The van der Waals surface area contributed by atoms with Crippen molar-refractivity contribution in [2.24, 2.45) is 0 Å². The highest BCUT2D eigenvalue weighted by Gasteiger charge is 2.36. The number of aliphatic hydroxyl groups excluding tert-OH is 1. The van der Waals surface area contributed by atoms with Crippen molar-refractivity contribution in [3.8, 4) is 12.3 Å². The van der Waals surface area contributed by atoms with E-state index in [1.807, 2.05) is 0 Å². The summed E-state index contributed by atoms with van der Waals surface area (Å²) in [7, 11) is -3.67. The summed E-state index contributed by atoms with van der Waals surface area (Å²) in [5.41, 5.74) is 0. The van der Waals surface area contributed by atoms with Gasteiger partial charge in [-0.25, -0.2) is 0 Å². The Balaban J connectivity index is 0. The van der Waals surface area contributed by atoms with Gasteiger partial charge < -0.3 is 5.11 Å². The van der Waals surface area contributed by atoms with E-state index in [0.29, 0.717) is 6.26 Å². The zero-order valence-electron chi connectivity index (χ0n) is 6.41. The van der Waals surface area contributed by atoms with Crippen molar-refractivity contribution in [2.75, 3.05) is 6.26 Å². The van der Waals surface area contributed by atoms with Gasteiger partial charge in [-0.1, -0.05) is 5.92 Å². The van der Waals surface area contributed by atoms with Crippen LogP contribution in [0.25, 0.3) is 0 Å². The van der Waals surface area contributed by atoms with Crippen molar-refractivity contribution >= 4 is 10.1 Å². The minimum Gasteiger partial charge on any atom is -0.372 e. The first-order valence-electron chi connectivity index (χ1n) is 2.62. The summed E-state index contributed by atoms with van der Waals surface area (Å²) in [6.45, 7) is 0. The Labute approximate surface area is 73.1 Å². The molecule has 0 bridgehead atoms. The first-order chi connectivity index (χ1) is 5.48. The second-order valence-corrected chi connectivity index (χ2v) is 3.31. The summed E-state index contributed by atoms with van der Waals surface area (Å²) >= 11 is 0. The van der Waals surface area contributed by atoms with Gasteiger partial charge in [0.2, 0.25) is 6.10 Å². The molecule has 0 saturated carbocycles. The Kier molecular flexibility index (Phi) is 5.73. The standard InChI is InChI=1S/C4H3F3O.CH4O3S/c1-2-3(8)4(5,6)7;1-5(2,3)4/h1,3,8H;1H3,(H,2,3,4). The third-order valence-electron chi connectivity index (χ3n) is 0.468. The zero-order chi connectivity index (χ0) is 11.3. The van der Waals surface area contributed by atoms with Crippen LogP contribution in [0.1, 0.15) is 0 Å².